The Morgan fingerprint density at radius 2 is 1.63 bits per heavy atom. The summed E-state index contributed by atoms with van der Waals surface area (Å²) in [4.78, 5) is 30.1. The van der Waals surface area contributed by atoms with Gasteiger partial charge in [-0.3, -0.25) is 9.20 Å². The SMILES string of the molecule is O=C(Oc1c(-c2ccccc2)nc2ccccn2c1=O)c1ccccc1Cl. The van der Waals surface area contributed by atoms with Crippen molar-refractivity contribution < 1.29 is 9.53 Å². The number of aromatic nitrogens is 2. The minimum Gasteiger partial charge on any atom is -0.415 e. The van der Waals surface area contributed by atoms with Crippen LogP contribution in [0.4, 0.5) is 0 Å². The fourth-order valence-corrected chi connectivity index (χ4v) is 2.94. The largest absolute Gasteiger partial charge is 0.415 e. The Kier molecular flexibility index (Phi) is 4.44. The van der Waals surface area contributed by atoms with E-state index in [0.717, 1.165) is 0 Å². The molecule has 4 rings (SSSR count). The third kappa shape index (κ3) is 3.20. The fourth-order valence-electron chi connectivity index (χ4n) is 2.73. The van der Waals surface area contributed by atoms with Gasteiger partial charge in [0, 0.05) is 11.8 Å². The maximum atomic E-state index is 13.0. The molecule has 2 aromatic heterocycles. The Balaban J connectivity index is 1.90. The Bertz CT molecular complexity index is 1200. The molecule has 0 N–H and O–H groups in total. The van der Waals surface area contributed by atoms with E-state index in [9.17, 15) is 9.59 Å². The highest BCUT2D eigenvalue weighted by atomic mass is 35.5. The molecule has 132 valence electrons. The lowest BCUT2D eigenvalue weighted by atomic mass is 10.1. The fraction of sp³-hybridized carbons (Fsp3) is 0. The monoisotopic (exact) mass is 376 g/mol. The van der Waals surface area contributed by atoms with E-state index < -0.39 is 11.5 Å². The second-order valence-corrected chi connectivity index (χ2v) is 6.17. The lowest BCUT2D eigenvalue weighted by Gasteiger charge is -2.11. The minimum absolute atomic E-state index is 0.144. The van der Waals surface area contributed by atoms with Crippen molar-refractivity contribution >= 4 is 23.2 Å². The first kappa shape index (κ1) is 17.0. The molecule has 5 nitrogen and oxygen atoms in total. The number of rotatable bonds is 3. The maximum Gasteiger partial charge on any atom is 0.345 e. The quantitative estimate of drug-likeness (QED) is 0.502. The van der Waals surface area contributed by atoms with E-state index in [1.807, 2.05) is 18.2 Å². The summed E-state index contributed by atoms with van der Waals surface area (Å²) < 4.78 is 6.82. The Hall–Kier alpha value is -3.44. The van der Waals surface area contributed by atoms with Gasteiger partial charge in [-0.1, -0.05) is 60.1 Å². The molecule has 0 aliphatic rings. The third-order valence-electron chi connectivity index (χ3n) is 4.03. The molecular weight excluding hydrogens is 364 g/mol. The van der Waals surface area contributed by atoms with Gasteiger partial charge < -0.3 is 4.74 Å². The number of halogens is 1. The number of ether oxygens (including phenoxy) is 1. The number of benzene rings is 2. The number of fused-ring (bicyclic) bond motifs is 1. The van der Waals surface area contributed by atoms with Crippen molar-refractivity contribution in [3.05, 3.63) is 99.9 Å². The lowest BCUT2D eigenvalue weighted by Crippen LogP contribution is -2.22. The molecule has 2 aromatic carbocycles. The molecule has 4 aromatic rings. The zero-order chi connectivity index (χ0) is 18.8. The summed E-state index contributed by atoms with van der Waals surface area (Å²) in [5.74, 6) is -0.859. The van der Waals surface area contributed by atoms with Gasteiger partial charge in [0.1, 0.15) is 11.3 Å². The van der Waals surface area contributed by atoms with Crippen LogP contribution in [0.1, 0.15) is 10.4 Å². The number of pyridine rings is 1. The van der Waals surface area contributed by atoms with Crippen molar-refractivity contribution in [3.63, 3.8) is 0 Å². The average Bonchev–Trinajstić information content (AvgIpc) is 2.71. The molecule has 0 amide bonds. The number of carbonyl (C=O) groups is 1. The summed E-state index contributed by atoms with van der Waals surface area (Å²) in [5, 5.41) is 0.248. The van der Waals surface area contributed by atoms with Gasteiger partial charge in [0.25, 0.3) is 0 Å². The first-order valence-corrected chi connectivity index (χ1v) is 8.56. The number of hydrogen-bond acceptors (Lipinski definition) is 4. The Morgan fingerprint density at radius 1 is 0.926 bits per heavy atom. The van der Waals surface area contributed by atoms with Gasteiger partial charge in [0.05, 0.1) is 10.6 Å². The highest BCUT2D eigenvalue weighted by Crippen LogP contribution is 2.27. The van der Waals surface area contributed by atoms with Gasteiger partial charge in [0.15, 0.2) is 0 Å². The lowest BCUT2D eigenvalue weighted by molar-refractivity contribution is 0.0732. The standard InChI is InChI=1S/C21H13ClN2O3/c22-16-11-5-4-10-15(16)21(26)27-19-18(14-8-2-1-3-9-14)23-17-12-6-7-13-24(17)20(19)25/h1-13H. The van der Waals surface area contributed by atoms with Crippen LogP contribution in [0.15, 0.2) is 83.8 Å². The summed E-state index contributed by atoms with van der Waals surface area (Å²) in [6.45, 7) is 0. The predicted octanol–water partition coefficient (Wildman–Crippen LogP) is 4.23. The van der Waals surface area contributed by atoms with E-state index in [1.165, 1.54) is 4.40 Å². The van der Waals surface area contributed by atoms with Crippen molar-refractivity contribution in [2.24, 2.45) is 0 Å². The summed E-state index contributed by atoms with van der Waals surface area (Å²) in [6, 6.07) is 20.8. The van der Waals surface area contributed by atoms with Crippen molar-refractivity contribution in [2.75, 3.05) is 0 Å². The van der Waals surface area contributed by atoms with Crippen LogP contribution in [0.5, 0.6) is 5.75 Å². The second kappa shape index (κ2) is 7.05. The van der Waals surface area contributed by atoms with E-state index in [4.69, 9.17) is 16.3 Å². The van der Waals surface area contributed by atoms with Gasteiger partial charge in [-0.2, -0.15) is 0 Å². The van der Waals surface area contributed by atoms with Crippen LogP contribution >= 0.6 is 11.6 Å². The molecule has 0 fully saturated rings. The smallest absolute Gasteiger partial charge is 0.345 e. The van der Waals surface area contributed by atoms with E-state index in [-0.39, 0.29) is 16.3 Å². The Labute approximate surface area is 159 Å². The number of hydrogen-bond donors (Lipinski definition) is 0. The minimum atomic E-state index is -0.715. The van der Waals surface area contributed by atoms with Crippen LogP contribution in [0.2, 0.25) is 5.02 Å². The molecule has 0 unspecified atom stereocenters. The van der Waals surface area contributed by atoms with Crippen LogP contribution in [0.3, 0.4) is 0 Å². The zero-order valence-electron chi connectivity index (χ0n) is 14.0. The molecule has 0 radical (unpaired) electrons. The summed E-state index contributed by atoms with van der Waals surface area (Å²) >= 11 is 6.08. The molecule has 0 spiro atoms. The number of carbonyl (C=O) groups excluding carboxylic acids is 1. The van der Waals surface area contributed by atoms with Gasteiger partial charge in [-0.05, 0) is 24.3 Å². The molecule has 0 bridgehead atoms. The normalized spacial score (nSPS) is 10.7. The van der Waals surface area contributed by atoms with Crippen LogP contribution in [0, 0.1) is 0 Å². The van der Waals surface area contributed by atoms with E-state index in [0.29, 0.717) is 16.9 Å². The van der Waals surface area contributed by atoms with Gasteiger partial charge in [-0.25, -0.2) is 9.78 Å². The van der Waals surface area contributed by atoms with Crippen LogP contribution in [-0.2, 0) is 0 Å². The topological polar surface area (TPSA) is 60.7 Å². The van der Waals surface area contributed by atoms with Crippen molar-refractivity contribution in [2.45, 2.75) is 0 Å². The van der Waals surface area contributed by atoms with E-state index in [1.54, 1.807) is 60.8 Å². The van der Waals surface area contributed by atoms with Gasteiger partial charge >= 0.3 is 11.5 Å². The molecule has 27 heavy (non-hydrogen) atoms. The molecule has 0 aliphatic heterocycles. The average molecular weight is 377 g/mol. The maximum absolute atomic E-state index is 13.0. The third-order valence-corrected chi connectivity index (χ3v) is 4.36. The van der Waals surface area contributed by atoms with Crippen molar-refractivity contribution in [1.82, 2.24) is 9.38 Å². The highest BCUT2D eigenvalue weighted by molar-refractivity contribution is 6.33. The van der Waals surface area contributed by atoms with Crippen LogP contribution in [-0.4, -0.2) is 15.4 Å². The summed E-state index contributed by atoms with van der Waals surface area (Å²) in [5.41, 5.74) is 1.13. The van der Waals surface area contributed by atoms with Crippen molar-refractivity contribution in [1.29, 1.82) is 0 Å². The van der Waals surface area contributed by atoms with Crippen molar-refractivity contribution in [3.8, 4) is 17.0 Å². The number of esters is 1. The van der Waals surface area contributed by atoms with Crippen LogP contribution in [0.25, 0.3) is 16.9 Å². The molecular formula is C21H13ClN2O3. The number of nitrogens with zero attached hydrogens (tertiary/aromatic N) is 2. The Morgan fingerprint density at radius 3 is 2.41 bits per heavy atom. The van der Waals surface area contributed by atoms with Gasteiger partial charge in [0.2, 0.25) is 5.75 Å². The molecule has 6 heteroatoms. The molecule has 0 aliphatic carbocycles. The van der Waals surface area contributed by atoms with Gasteiger partial charge in [-0.15, -0.1) is 0 Å². The molecule has 0 saturated heterocycles. The first-order valence-electron chi connectivity index (χ1n) is 8.18. The van der Waals surface area contributed by atoms with E-state index in [2.05, 4.69) is 4.98 Å². The second-order valence-electron chi connectivity index (χ2n) is 5.76. The summed E-state index contributed by atoms with van der Waals surface area (Å²) in [7, 11) is 0. The highest BCUT2D eigenvalue weighted by Gasteiger charge is 2.21. The molecule has 0 saturated carbocycles. The summed E-state index contributed by atoms with van der Waals surface area (Å²) in [6.07, 6.45) is 1.58. The predicted molar refractivity (Wildman–Crippen MR) is 103 cm³/mol. The molecule has 0 atom stereocenters. The van der Waals surface area contributed by atoms with E-state index >= 15 is 0 Å². The van der Waals surface area contributed by atoms with Crippen LogP contribution < -0.4 is 10.3 Å². The molecule has 2 heterocycles. The first-order chi connectivity index (χ1) is 13.1. The zero-order valence-corrected chi connectivity index (χ0v) is 14.8.